The van der Waals surface area contributed by atoms with Gasteiger partial charge in [0.1, 0.15) is 43.2 Å². The highest BCUT2D eigenvalue weighted by atomic mass is 16.8. The third kappa shape index (κ3) is 10.7. The van der Waals surface area contributed by atoms with Crippen LogP contribution >= 0.6 is 0 Å². The summed E-state index contributed by atoms with van der Waals surface area (Å²) in [5.41, 5.74) is 0. The Morgan fingerprint density at radius 2 is 1.26 bits per heavy atom. The van der Waals surface area contributed by atoms with Crippen molar-refractivity contribution in [1.82, 2.24) is 0 Å². The van der Waals surface area contributed by atoms with Crippen molar-refractivity contribution in [2.75, 3.05) is 6.61 Å². The van der Waals surface area contributed by atoms with E-state index >= 15 is 0 Å². The van der Waals surface area contributed by atoms with Gasteiger partial charge in [0.15, 0.2) is 25.0 Å². The first-order chi connectivity index (χ1) is 20.3. The second-order valence-corrected chi connectivity index (χ2v) is 11.4. The fraction of sp³-hybridized carbons (Fsp3) is 0.963. The predicted molar refractivity (Wildman–Crippen MR) is 144 cm³/mol. The number of carboxylic acid groups (broad SMARTS) is 1. The minimum absolute atomic E-state index is 0.0639. The fourth-order valence-corrected chi connectivity index (χ4v) is 5.20. The number of hydrogen-bond acceptors (Lipinski definition) is 15. The van der Waals surface area contributed by atoms with E-state index in [1.807, 2.05) is 0 Å². The van der Waals surface area contributed by atoms with Crippen LogP contribution < -0.4 is 0 Å². The van der Waals surface area contributed by atoms with Crippen molar-refractivity contribution in [3.8, 4) is 0 Å². The Morgan fingerprint density at radius 1 is 0.744 bits per heavy atom. The zero-order chi connectivity index (χ0) is 32.3. The van der Waals surface area contributed by atoms with E-state index in [1.165, 1.54) is 0 Å². The molecule has 2 aliphatic heterocycles. The summed E-state index contributed by atoms with van der Waals surface area (Å²) >= 11 is 0. The van der Waals surface area contributed by atoms with Crippen LogP contribution in [0.15, 0.2) is 0 Å². The summed E-state index contributed by atoms with van der Waals surface area (Å²) in [6, 6.07) is 0. The van der Waals surface area contributed by atoms with E-state index in [9.17, 15) is 61.0 Å². The van der Waals surface area contributed by atoms with Gasteiger partial charge < -0.3 is 75.1 Å². The lowest BCUT2D eigenvalue weighted by Crippen LogP contribution is -2.70. The highest BCUT2D eigenvalue weighted by Gasteiger charge is 2.59. The number of rotatable bonds is 19. The Bertz CT molecular complexity index is 803. The van der Waals surface area contributed by atoms with Crippen molar-refractivity contribution in [3.63, 3.8) is 0 Å². The molecule has 11 N–H and O–H groups in total. The summed E-state index contributed by atoms with van der Waals surface area (Å²) in [7, 11) is 0. The fourth-order valence-electron chi connectivity index (χ4n) is 5.20. The number of aliphatic hydroxyl groups excluding tert-OH is 10. The summed E-state index contributed by atoms with van der Waals surface area (Å²) in [6.07, 6.45) is -13.8. The Morgan fingerprint density at radius 3 is 1.77 bits per heavy atom. The van der Waals surface area contributed by atoms with Crippen molar-refractivity contribution < 1.29 is 79.9 Å². The number of ether oxygens (including phenoxy) is 4. The maximum atomic E-state index is 11.7. The minimum atomic E-state index is -2.64. The van der Waals surface area contributed by atoms with Crippen molar-refractivity contribution in [2.24, 2.45) is 0 Å². The van der Waals surface area contributed by atoms with Crippen LogP contribution in [0.5, 0.6) is 0 Å². The predicted octanol–water partition coefficient (Wildman–Crippen LogP) is -2.61. The molecule has 2 heterocycles. The Hall–Kier alpha value is -1.09. The molecule has 43 heavy (non-hydrogen) atoms. The second kappa shape index (κ2) is 18.2. The van der Waals surface area contributed by atoms with Gasteiger partial charge in [-0.05, 0) is 19.8 Å². The molecule has 0 amide bonds. The van der Waals surface area contributed by atoms with Gasteiger partial charge in [0, 0.05) is 0 Å². The SMILES string of the molecule is CC(O)CCCCCCCCCCCC(O[C@]1(CO)O[C@@H](O)[C@H](O)[C@H](O)[C@@H]1O[C@@H]1O[C@H](O)[C@@H](O)[C@H](O)[C@H]1O)C(O)C(=O)O. The van der Waals surface area contributed by atoms with E-state index < -0.39 is 86.1 Å². The molecule has 16 heteroatoms. The Balaban J connectivity index is 2.06. The standard InChI is InChI=1S/C27H50O16/c1-14(29)11-9-7-5-3-2-4-6-8-10-12-15(16(30)23(36)37)42-27(13-28)22(18(32)20(34)25(39)43-27)40-26-21(35)17(31)19(33)24(38)41-26/h14-22,24-26,28-35,38-39H,2-13H2,1H3,(H,36,37)/t14?,15?,16?,17-,18-,19-,20+,21+,22-,24-,25+,26+,27+/m0/s1. The molecule has 0 aliphatic carbocycles. The molecule has 0 aromatic rings. The zero-order valence-electron chi connectivity index (χ0n) is 24.4. The average Bonchev–Trinajstić information content (AvgIpc) is 2.96. The summed E-state index contributed by atoms with van der Waals surface area (Å²) in [4.78, 5) is 11.7. The van der Waals surface area contributed by atoms with Crippen molar-refractivity contribution in [2.45, 2.75) is 157 Å². The largest absolute Gasteiger partial charge is 0.479 e. The highest BCUT2D eigenvalue weighted by molar-refractivity contribution is 5.72. The number of aliphatic carboxylic acids is 1. The molecule has 0 radical (unpaired) electrons. The van der Waals surface area contributed by atoms with Gasteiger partial charge >= 0.3 is 5.97 Å². The molecule has 3 unspecified atom stereocenters. The topological polar surface area (TPSA) is 277 Å². The van der Waals surface area contributed by atoms with Crippen LogP contribution in [0.4, 0.5) is 0 Å². The van der Waals surface area contributed by atoms with E-state index in [0.29, 0.717) is 12.8 Å². The van der Waals surface area contributed by atoms with E-state index in [2.05, 4.69) is 0 Å². The van der Waals surface area contributed by atoms with Crippen LogP contribution in [0.25, 0.3) is 0 Å². The highest BCUT2D eigenvalue weighted by Crippen LogP contribution is 2.37. The Labute approximate surface area is 250 Å². The third-order valence-electron chi connectivity index (χ3n) is 7.82. The Kier molecular flexibility index (Phi) is 16.1. The molecule has 0 aromatic carbocycles. The van der Waals surface area contributed by atoms with E-state index in [4.69, 9.17) is 18.9 Å². The average molecular weight is 631 g/mol. The number of carbonyl (C=O) groups is 1. The van der Waals surface area contributed by atoms with E-state index in [-0.39, 0.29) is 12.5 Å². The van der Waals surface area contributed by atoms with Crippen LogP contribution in [0.1, 0.15) is 77.6 Å². The van der Waals surface area contributed by atoms with Crippen molar-refractivity contribution in [3.05, 3.63) is 0 Å². The molecule has 13 atom stereocenters. The van der Waals surface area contributed by atoms with Crippen LogP contribution in [-0.4, -0.2) is 148 Å². The van der Waals surface area contributed by atoms with Gasteiger partial charge in [-0.25, -0.2) is 4.79 Å². The van der Waals surface area contributed by atoms with Crippen molar-refractivity contribution >= 4 is 5.97 Å². The van der Waals surface area contributed by atoms with E-state index in [1.54, 1.807) is 6.92 Å². The molecule has 0 saturated carbocycles. The normalized spacial score (nSPS) is 37.1. The molecule has 0 bridgehead atoms. The van der Waals surface area contributed by atoms with Gasteiger partial charge in [0.05, 0.1) is 12.2 Å². The second-order valence-electron chi connectivity index (χ2n) is 11.4. The van der Waals surface area contributed by atoms with Crippen LogP contribution in [0, 0.1) is 0 Å². The minimum Gasteiger partial charge on any atom is -0.479 e. The third-order valence-corrected chi connectivity index (χ3v) is 7.82. The van der Waals surface area contributed by atoms with Gasteiger partial charge in [-0.3, -0.25) is 0 Å². The molecule has 254 valence electrons. The van der Waals surface area contributed by atoms with Gasteiger partial charge in [-0.2, -0.15) is 0 Å². The number of aliphatic hydroxyl groups is 10. The number of carboxylic acids is 1. The molecular formula is C27H50O16. The summed E-state index contributed by atoms with van der Waals surface area (Å²) in [5, 5.41) is 110. The first-order valence-electron chi connectivity index (χ1n) is 14.9. The lowest BCUT2D eigenvalue weighted by atomic mass is 9.94. The summed E-state index contributed by atoms with van der Waals surface area (Å²) < 4.78 is 21.4. The molecule has 2 aliphatic rings. The summed E-state index contributed by atoms with van der Waals surface area (Å²) in [5.74, 6) is -4.31. The quantitative estimate of drug-likeness (QED) is 0.0652. The number of unbranched alkanes of at least 4 members (excludes halogenated alkanes) is 8. The molecular weight excluding hydrogens is 580 g/mol. The monoisotopic (exact) mass is 630 g/mol. The first kappa shape index (κ1) is 38.1. The molecule has 2 rings (SSSR count). The lowest BCUT2D eigenvalue weighted by Gasteiger charge is -2.50. The molecule has 2 fully saturated rings. The van der Waals surface area contributed by atoms with Gasteiger partial charge in [-0.15, -0.1) is 0 Å². The molecule has 0 aromatic heterocycles. The van der Waals surface area contributed by atoms with Crippen LogP contribution in [0.3, 0.4) is 0 Å². The maximum Gasteiger partial charge on any atom is 0.335 e. The smallest absolute Gasteiger partial charge is 0.335 e. The lowest BCUT2D eigenvalue weighted by molar-refractivity contribution is -0.443. The molecule has 0 spiro atoms. The van der Waals surface area contributed by atoms with Crippen LogP contribution in [0.2, 0.25) is 0 Å². The van der Waals surface area contributed by atoms with Gasteiger partial charge in [0.25, 0.3) is 0 Å². The zero-order valence-corrected chi connectivity index (χ0v) is 24.4. The van der Waals surface area contributed by atoms with Gasteiger partial charge in [-0.1, -0.05) is 57.8 Å². The van der Waals surface area contributed by atoms with Crippen molar-refractivity contribution in [1.29, 1.82) is 0 Å². The van der Waals surface area contributed by atoms with Gasteiger partial charge in [0.2, 0.25) is 5.79 Å². The molecule has 2 saturated heterocycles. The molecule has 16 nitrogen and oxygen atoms in total. The maximum absolute atomic E-state index is 11.7. The first-order valence-corrected chi connectivity index (χ1v) is 14.9. The van der Waals surface area contributed by atoms with E-state index in [0.717, 1.165) is 51.4 Å². The number of hydrogen-bond donors (Lipinski definition) is 11. The van der Waals surface area contributed by atoms with Crippen LogP contribution in [-0.2, 0) is 23.7 Å². The summed E-state index contributed by atoms with van der Waals surface area (Å²) in [6.45, 7) is 0.539.